The van der Waals surface area contributed by atoms with Gasteiger partial charge in [-0.05, 0) is 40.5 Å². The Balaban J connectivity index is 2.37. The van der Waals surface area contributed by atoms with Gasteiger partial charge in [0, 0.05) is 12.3 Å². The maximum atomic E-state index is 5.92. The van der Waals surface area contributed by atoms with Crippen molar-refractivity contribution in [1.82, 2.24) is 4.98 Å². The molecule has 0 saturated heterocycles. The average molecular weight is 348 g/mol. The standard InChI is InChI=1S/C12H9BrCl2N2O/c1-6-2-7(13)12(17-5-6)18-11-4-9(15)8(14)3-10(11)16/h2-5H,16H2,1H3. The Morgan fingerprint density at radius 1 is 1.22 bits per heavy atom. The fourth-order valence-electron chi connectivity index (χ4n) is 1.33. The summed E-state index contributed by atoms with van der Waals surface area (Å²) in [6, 6.07) is 5.00. The number of benzene rings is 1. The van der Waals surface area contributed by atoms with Crippen LogP contribution in [0, 0.1) is 6.92 Å². The molecule has 1 aromatic heterocycles. The minimum absolute atomic E-state index is 0.379. The molecule has 94 valence electrons. The van der Waals surface area contributed by atoms with Gasteiger partial charge in [-0.3, -0.25) is 0 Å². The summed E-state index contributed by atoms with van der Waals surface area (Å²) in [5.41, 5.74) is 7.23. The van der Waals surface area contributed by atoms with Gasteiger partial charge in [-0.2, -0.15) is 0 Å². The van der Waals surface area contributed by atoms with Crippen molar-refractivity contribution >= 4 is 44.8 Å². The molecule has 0 aliphatic heterocycles. The fraction of sp³-hybridized carbons (Fsp3) is 0.0833. The second kappa shape index (κ2) is 5.34. The average Bonchev–Trinajstić information content (AvgIpc) is 2.29. The van der Waals surface area contributed by atoms with Gasteiger partial charge in [-0.25, -0.2) is 4.98 Å². The van der Waals surface area contributed by atoms with Crippen molar-refractivity contribution in [2.75, 3.05) is 5.73 Å². The Bertz CT molecular complexity index is 605. The maximum absolute atomic E-state index is 5.92. The zero-order valence-electron chi connectivity index (χ0n) is 9.38. The molecular formula is C12H9BrCl2N2O. The Kier molecular flexibility index (Phi) is 4.00. The number of aromatic nitrogens is 1. The number of nitrogens with two attached hydrogens (primary N) is 1. The summed E-state index contributed by atoms with van der Waals surface area (Å²) in [4.78, 5) is 4.17. The highest BCUT2D eigenvalue weighted by Crippen LogP contribution is 2.36. The Hall–Kier alpha value is -0.970. The van der Waals surface area contributed by atoms with Crippen molar-refractivity contribution in [2.45, 2.75) is 6.92 Å². The summed E-state index contributed by atoms with van der Waals surface area (Å²) in [5.74, 6) is 0.840. The number of hydrogen-bond donors (Lipinski definition) is 1. The van der Waals surface area contributed by atoms with Crippen LogP contribution >= 0.6 is 39.1 Å². The van der Waals surface area contributed by atoms with Gasteiger partial charge in [0.25, 0.3) is 0 Å². The van der Waals surface area contributed by atoms with E-state index >= 15 is 0 Å². The van der Waals surface area contributed by atoms with E-state index in [0.717, 1.165) is 10.0 Å². The normalized spacial score (nSPS) is 10.4. The first kappa shape index (κ1) is 13.5. The lowest BCUT2D eigenvalue weighted by Gasteiger charge is -2.10. The largest absolute Gasteiger partial charge is 0.436 e. The third-order valence-electron chi connectivity index (χ3n) is 2.20. The first-order valence-corrected chi connectivity index (χ1v) is 6.57. The molecule has 0 fully saturated rings. The number of ether oxygens (including phenoxy) is 1. The summed E-state index contributed by atoms with van der Waals surface area (Å²) >= 11 is 15.1. The van der Waals surface area contributed by atoms with Crippen molar-refractivity contribution < 1.29 is 4.74 Å². The highest BCUT2D eigenvalue weighted by molar-refractivity contribution is 9.10. The topological polar surface area (TPSA) is 48.1 Å². The third kappa shape index (κ3) is 2.88. The third-order valence-corrected chi connectivity index (χ3v) is 3.49. The lowest BCUT2D eigenvalue weighted by Crippen LogP contribution is -1.95. The predicted molar refractivity (Wildman–Crippen MR) is 77.6 cm³/mol. The maximum Gasteiger partial charge on any atom is 0.233 e. The van der Waals surface area contributed by atoms with E-state index in [4.69, 9.17) is 33.7 Å². The molecule has 0 saturated carbocycles. The van der Waals surface area contributed by atoms with Crippen LogP contribution in [0.25, 0.3) is 0 Å². The molecule has 1 aromatic carbocycles. The molecule has 6 heteroatoms. The van der Waals surface area contributed by atoms with Crippen LogP contribution in [0.2, 0.25) is 10.0 Å². The molecule has 0 bridgehead atoms. The fourth-order valence-corrected chi connectivity index (χ4v) is 2.20. The summed E-state index contributed by atoms with van der Waals surface area (Å²) in [6.45, 7) is 1.94. The van der Waals surface area contributed by atoms with E-state index in [9.17, 15) is 0 Å². The SMILES string of the molecule is Cc1cnc(Oc2cc(Cl)c(Cl)cc2N)c(Br)c1. The molecule has 18 heavy (non-hydrogen) atoms. The minimum Gasteiger partial charge on any atom is -0.436 e. The summed E-state index contributed by atoms with van der Waals surface area (Å²) in [6.07, 6.45) is 1.70. The molecule has 0 radical (unpaired) electrons. The molecule has 0 amide bonds. The van der Waals surface area contributed by atoms with Gasteiger partial charge >= 0.3 is 0 Å². The summed E-state index contributed by atoms with van der Waals surface area (Å²) in [7, 11) is 0. The highest BCUT2D eigenvalue weighted by Gasteiger charge is 2.10. The van der Waals surface area contributed by atoms with Crippen LogP contribution in [-0.4, -0.2) is 4.98 Å². The van der Waals surface area contributed by atoms with E-state index < -0.39 is 0 Å². The van der Waals surface area contributed by atoms with Crippen molar-refractivity contribution in [3.63, 3.8) is 0 Å². The molecule has 0 aliphatic carbocycles. The number of aryl methyl sites for hydroxylation is 1. The van der Waals surface area contributed by atoms with Gasteiger partial charge in [-0.1, -0.05) is 23.2 Å². The van der Waals surface area contributed by atoms with Crippen molar-refractivity contribution in [2.24, 2.45) is 0 Å². The first-order valence-electron chi connectivity index (χ1n) is 5.02. The van der Waals surface area contributed by atoms with Gasteiger partial charge in [0.15, 0.2) is 5.75 Å². The van der Waals surface area contributed by atoms with Gasteiger partial charge in [0.1, 0.15) is 0 Å². The van der Waals surface area contributed by atoms with Gasteiger partial charge in [0.2, 0.25) is 5.88 Å². The number of pyridine rings is 1. The van der Waals surface area contributed by atoms with E-state index in [1.165, 1.54) is 0 Å². The second-order valence-corrected chi connectivity index (χ2v) is 5.37. The minimum atomic E-state index is 0.379. The van der Waals surface area contributed by atoms with Crippen molar-refractivity contribution in [3.8, 4) is 11.6 Å². The van der Waals surface area contributed by atoms with E-state index in [-0.39, 0.29) is 0 Å². The Labute approximate surface area is 123 Å². The number of nitrogens with zero attached hydrogens (tertiary/aromatic N) is 1. The zero-order valence-corrected chi connectivity index (χ0v) is 12.5. The molecule has 1 heterocycles. The lowest BCUT2D eigenvalue weighted by molar-refractivity contribution is 0.461. The van der Waals surface area contributed by atoms with Crippen molar-refractivity contribution in [1.29, 1.82) is 0 Å². The lowest BCUT2D eigenvalue weighted by atomic mass is 10.3. The predicted octanol–water partition coefficient (Wildman–Crippen LogP) is 4.83. The van der Waals surface area contributed by atoms with Crippen molar-refractivity contribution in [3.05, 3.63) is 44.5 Å². The number of nitrogen functional groups attached to an aromatic ring is 1. The monoisotopic (exact) mass is 346 g/mol. The smallest absolute Gasteiger partial charge is 0.233 e. The number of halogens is 3. The van der Waals surface area contributed by atoms with Crippen LogP contribution in [-0.2, 0) is 0 Å². The summed E-state index contributed by atoms with van der Waals surface area (Å²) < 4.78 is 6.35. The summed E-state index contributed by atoms with van der Waals surface area (Å²) in [5, 5.41) is 0.765. The van der Waals surface area contributed by atoms with Crippen LogP contribution in [0.4, 0.5) is 5.69 Å². The van der Waals surface area contributed by atoms with Crippen LogP contribution < -0.4 is 10.5 Å². The van der Waals surface area contributed by atoms with E-state index in [1.54, 1.807) is 18.3 Å². The van der Waals surface area contributed by atoms with Crippen LogP contribution in [0.1, 0.15) is 5.56 Å². The quantitative estimate of drug-likeness (QED) is 0.791. The Morgan fingerprint density at radius 2 is 1.89 bits per heavy atom. The first-order chi connectivity index (χ1) is 8.47. The van der Waals surface area contributed by atoms with Crippen LogP contribution in [0.5, 0.6) is 11.6 Å². The number of hydrogen-bond acceptors (Lipinski definition) is 3. The molecule has 3 nitrogen and oxygen atoms in total. The molecule has 0 unspecified atom stereocenters. The molecule has 2 rings (SSSR count). The van der Waals surface area contributed by atoms with Crippen LogP contribution in [0.15, 0.2) is 28.9 Å². The second-order valence-electron chi connectivity index (χ2n) is 3.71. The van der Waals surface area contributed by atoms with Gasteiger partial charge in [0.05, 0.1) is 20.2 Å². The van der Waals surface area contributed by atoms with Gasteiger partial charge < -0.3 is 10.5 Å². The molecule has 0 aliphatic rings. The zero-order chi connectivity index (χ0) is 13.3. The van der Waals surface area contributed by atoms with E-state index in [2.05, 4.69) is 20.9 Å². The highest BCUT2D eigenvalue weighted by atomic mass is 79.9. The number of rotatable bonds is 2. The van der Waals surface area contributed by atoms with Gasteiger partial charge in [-0.15, -0.1) is 0 Å². The molecule has 2 N–H and O–H groups in total. The molecule has 0 atom stereocenters. The van der Waals surface area contributed by atoms with E-state index in [0.29, 0.717) is 27.4 Å². The molecular weight excluding hydrogens is 339 g/mol. The van der Waals surface area contributed by atoms with Crippen LogP contribution in [0.3, 0.4) is 0 Å². The van der Waals surface area contributed by atoms with E-state index in [1.807, 2.05) is 13.0 Å². The Morgan fingerprint density at radius 3 is 2.56 bits per heavy atom. The molecule has 2 aromatic rings. The molecule has 0 spiro atoms. The number of anilines is 1.